The molecule has 2 aromatic rings. The van der Waals surface area contributed by atoms with Gasteiger partial charge in [0, 0.05) is 17.9 Å². The lowest BCUT2D eigenvalue weighted by molar-refractivity contribution is -0.138. The lowest BCUT2D eigenvalue weighted by Crippen LogP contribution is -2.31. The lowest BCUT2D eigenvalue weighted by atomic mass is 10.1. The summed E-state index contributed by atoms with van der Waals surface area (Å²) in [5.41, 5.74) is -0.140. The highest BCUT2D eigenvalue weighted by atomic mass is 32.2. The maximum absolute atomic E-state index is 13.3. The van der Waals surface area contributed by atoms with Crippen LogP contribution in [0.25, 0.3) is 0 Å². The molecule has 1 atom stereocenters. The van der Waals surface area contributed by atoms with E-state index in [2.05, 4.69) is 0 Å². The predicted molar refractivity (Wildman–Crippen MR) is 90.7 cm³/mol. The van der Waals surface area contributed by atoms with Gasteiger partial charge in [-0.2, -0.15) is 13.2 Å². The fourth-order valence-corrected chi connectivity index (χ4v) is 4.10. The summed E-state index contributed by atoms with van der Waals surface area (Å²) in [6.45, 7) is 0.409. The molecule has 0 radical (unpaired) electrons. The maximum Gasteiger partial charge on any atom is 0.416 e. The zero-order valence-electron chi connectivity index (χ0n) is 13.4. The molecular formula is C18H16F3NO2S. The summed E-state index contributed by atoms with van der Waals surface area (Å²) >= 11 is 1.34. The van der Waals surface area contributed by atoms with Crippen LogP contribution in [0.4, 0.5) is 13.2 Å². The van der Waals surface area contributed by atoms with Gasteiger partial charge in [-0.25, -0.2) is 0 Å². The fourth-order valence-electron chi connectivity index (χ4n) is 2.81. The van der Waals surface area contributed by atoms with Crippen LogP contribution in [0.15, 0.2) is 48.5 Å². The average molecular weight is 367 g/mol. The van der Waals surface area contributed by atoms with Crippen molar-refractivity contribution < 1.29 is 22.7 Å². The first kappa shape index (κ1) is 17.7. The first-order chi connectivity index (χ1) is 11.9. The van der Waals surface area contributed by atoms with Crippen LogP contribution in [-0.2, 0) is 6.18 Å². The van der Waals surface area contributed by atoms with Gasteiger partial charge in [0.25, 0.3) is 5.91 Å². The Labute approximate surface area is 147 Å². The second-order valence-electron chi connectivity index (χ2n) is 5.54. The molecule has 25 heavy (non-hydrogen) atoms. The van der Waals surface area contributed by atoms with Crippen molar-refractivity contribution in [2.75, 3.05) is 19.4 Å². The van der Waals surface area contributed by atoms with Crippen molar-refractivity contribution in [3.8, 4) is 5.75 Å². The van der Waals surface area contributed by atoms with Crippen LogP contribution >= 0.6 is 11.8 Å². The Morgan fingerprint density at radius 3 is 2.48 bits per heavy atom. The Hall–Kier alpha value is -2.15. The van der Waals surface area contributed by atoms with E-state index in [9.17, 15) is 18.0 Å². The maximum atomic E-state index is 13.3. The molecule has 1 saturated heterocycles. The Morgan fingerprint density at radius 2 is 1.84 bits per heavy atom. The van der Waals surface area contributed by atoms with E-state index in [0.717, 1.165) is 6.07 Å². The Morgan fingerprint density at radius 1 is 1.16 bits per heavy atom. The first-order valence-electron chi connectivity index (χ1n) is 7.64. The molecule has 2 aromatic carbocycles. The number of alkyl halides is 3. The zero-order valence-corrected chi connectivity index (χ0v) is 14.2. The minimum Gasteiger partial charge on any atom is -0.497 e. The SMILES string of the molecule is COc1ccc(C(=O)N2CCSC2c2ccccc2C(F)(F)F)cc1. The molecule has 1 aliphatic heterocycles. The number of hydrogen-bond acceptors (Lipinski definition) is 3. The molecule has 1 unspecified atom stereocenters. The normalized spacial score (nSPS) is 17.6. The van der Waals surface area contributed by atoms with Gasteiger partial charge in [-0.1, -0.05) is 18.2 Å². The molecule has 0 bridgehead atoms. The largest absolute Gasteiger partial charge is 0.497 e. The average Bonchev–Trinajstić information content (AvgIpc) is 3.10. The van der Waals surface area contributed by atoms with Crippen LogP contribution in [-0.4, -0.2) is 30.2 Å². The number of methoxy groups -OCH3 is 1. The Bertz CT molecular complexity index is 762. The van der Waals surface area contributed by atoms with Gasteiger partial charge in [-0.05, 0) is 35.9 Å². The summed E-state index contributed by atoms with van der Waals surface area (Å²) in [4.78, 5) is 14.3. The summed E-state index contributed by atoms with van der Waals surface area (Å²) in [7, 11) is 1.53. The van der Waals surface area contributed by atoms with Gasteiger partial charge in [0.15, 0.2) is 0 Å². The molecule has 0 N–H and O–H groups in total. The van der Waals surface area contributed by atoms with Gasteiger partial charge >= 0.3 is 6.18 Å². The van der Waals surface area contributed by atoms with Crippen LogP contribution in [0.3, 0.4) is 0 Å². The number of halogens is 3. The number of benzene rings is 2. The summed E-state index contributed by atoms with van der Waals surface area (Å²) in [6, 6.07) is 12.0. The number of carbonyl (C=O) groups excluding carboxylic acids is 1. The minimum absolute atomic E-state index is 0.124. The van der Waals surface area contributed by atoms with Gasteiger partial charge < -0.3 is 9.64 Å². The molecule has 0 saturated carbocycles. The molecule has 132 valence electrons. The molecule has 1 fully saturated rings. The van der Waals surface area contributed by atoms with Crippen molar-refractivity contribution in [1.29, 1.82) is 0 Å². The highest BCUT2D eigenvalue weighted by Crippen LogP contribution is 2.44. The van der Waals surface area contributed by atoms with Gasteiger partial charge in [0.2, 0.25) is 0 Å². The Kier molecular flexibility index (Phi) is 4.94. The summed E-state index contributed by atoms with van der Waals surface area (Å²) < 4.78 is 45.0. The van der Waals surface area contributed by atoms with Crippen LogP contribution in [0.2, 0.25) is 0 Å². The highest BCUT2D eigenvalue weighted by molar-refractivity contribution is 7.99. The van der Waals surface area contributed by atoms with Crippen molar-refractivity contribution in [2.45, 2.75) is 11.6 Å². The van der Waals surface area contributed by atoms with Gasteiger partial charge in [-0.3, -0.25) is 4.79 Å². The van der Waals surface area contributed by atoms with E-state index in [1.54, 1.807) is 30.3 Å². The zero-order chi connectivity index (χ0) is 18.0. The van der Waals surface area contributed by atoms with Gasteiger partial charge in [0.1, 0.15) is 11.1 Å². The summed E-state index contributed by atoms with van der Waals surface area (Å²) in [5.74, 6) is 0.930. The summed E-state index contributed by atoms with van der Waals surface area (Å²) in [6.07, 6.45) is -4.45. The van der Waals surface area contributed by atoms with E-state index in [1.165, 1.54) is 35.9 Å². The van der Waals surface area contributed by atoms with Gasteiger partial charge in [0.05, 0.1) is 12.7 Å². The number of nitrogens with zero attached hydrogens (tertiary/aromatic N) is 1. The topological polar surface area (TPSA) is 29.5 Å². The number of amides is 1. The quantitative estimate of drug-likeness (QED) is 0.794. The van der Waals surface area contributed by atoms with Crippen molar-refractivity contribution in [1.82, 2.24) is 4.90 Å². The minimum atomic E-state index is -4.45. The monoisotopic (exact) mass is 367 g/mol. The van der Waals surface area contributed by atoms with Crippen LogP contribution in [0.1, 0.15) is 26.9 Å². The molecule has 0 aromatic heterocycles. The Balaban J connectivity index is 1.92. The highest BCUT2D eigenvalue weighted by Gasteiger charge is 2.39. The third-order valence-corrected chi connectivity index (χ3v) is 5.26. The smallest absolute Gasteiger partial charge is 0.416 e. The molecule has 0 spiro atoms. The number of hydrogen-bond donors (Lipinski definition) is 0. The van der Waals surface area contributed by atoms with Crippen LogP contribution < -0.4 is 4.74 Å². The van der Waals surface area contributed by atoms with Crippen molar-refractivity contribution >= 4 is 17.7 Å². The van der Waals surface area contributed by atoms with Crippen LogP contribution in [0, 0.1) is 0 Å². The predicted octanol–water partition coefficient (Wildman–Crippen LogP) is 4.60. The second-order valence-corrected chi connectivity index (χ2v) is 6.72. The third-order valence-electron chi connectivity index (χ3n) is 4.02. The molecule has 0 aliphatic carbocycles. The molecule has 7 heteroatoms. The molecule has 1 aliphatic rings. The fraction of sp³-hybridized carbons (Fsp3) is 0.278. The molecule has 3 rings (SSSR count). The van der Waals surface area contributed by atoms with E-state index in [4.69, 9.17) is 4.74 Å². The van der Waals surface area contributed by atoms with Gasteiger partial charge in [-0.15, -0.1) is 11.8 Å². The lowest BCUT2D eigenvalue weighted by Gasteiger charge is -2.26. The molecular weight excluding hydrogens is 351 g/mol. The number of carbonyl (C=O) groups is 1. The van der Waals surface area contributed by atoms with E-state index >= 15 is 0 Å². The van der Waals surface area contributed by atoms with E-state index in [-0.39, 0.29) is 11.5 Å². The molecule has 1 heterocycles. The van der Waals surface area contributed by atoms with E-state index in [1.807, 2.05) is 0 Å². The third kappa shape index (κ3) is 3.61. The number of rotatable bonds is 3. The van der Waals surface area contributed by atoms with E-state index in [0.29, 0.717) is 23.6 Å². The standard InChI is InChI=1S/C18H16F3NO2S/c1-24-13-8-6-12(7-9-13)16(23)22-10-11-25-17(22)14-4-2-3-5-15(14)18(19,20)21/h2-9,17H,10-11H2,1H3. The molecule has 1 amide bonds. The van der Waals surface area contributed by atoms with Crippen LogP contribution in [0.5, 0.6) is 5.75 Å². The van der Waals surface area contributed by atoms with Crippen molar-refractivity contribution in [2.24, 2.45) is 0 Å². The first-order valence-corrected chi connectivity index (χ1v) is 8.69. The summed E-state index contributed by atoms with van der Waals surface area (Å²) in [5, 5.41) is -0.646. The number of ether oxygens (including phenoxy) is 1. The van der Waals surface area contributed by atoms with Crippen molar-refractivity contribution in [3.05, 3.63) is 65.2 Å². The second kappa shape index (κ2) is 7.00. The number of thioether (sulfide) groups is 1. The van der Waals surface area contributed by atoms with Crippen molar-refractivity contribution in [3.63, 3.8) is 0 Å². The van der Waals surface area contributed by atoms with E-state index < -0.39 is 17.1 Å². The molecule has 3 nitrogen and oxygen atoms in total.